The highest BCUT2D eigenvalue weighted by molar-refractivity contribution is 7.92. The number of benzene rings is 3. The van der Waals surface area contributed by atoms with Gasteiger partial charge in [-0.15, -0.1) is 0 Å². The number of nitrogens with zero attached hydrogens (tertiary/aromatic N) is 1. The van der Waals surface area contributed by atoms with Gasteiger partial charge in [0.05, 0.1) is 11.0 Å². The van der Waals surface area contributed by atoms with Crippen molar-refractivity contribution in [2.75, 3.05) is 0 Å². The summed E-state index contributed by atoms with van der Waals surface area (Å²) in [6.45, 7) is 0. The molecule has 0 aliphatic heterocycles. The molecule has 0 aromatic heterocycles. The van der Waals surface area contributed by atoms with Gasteiger partial charge < -0.3 is 4.74 Å². The van der Waals surface area contributed by atoms with Crippen LogP contribution in [0.2, 0.25) is 5.02 Å². The minimum Gasteiger partial charge on any atom is -0.457 e. The second-order valence-corrected chi connectivity index (χ2v) is 7.96. The smallest absolute Gasteiger partial charge is 0.198 e. The molecular formula is C20H14ClNO3S. The van der Waals surface area contributed by atoms with Crippen LogP contribution < -0.4 is 4.74 Å². The Morgan fingerprint density at radius 1 is 0.846 bits per heavy atom. The Kier molecular flexibility index (Phi) is 5.27. The molecule has 6 heteroatoms. The number of hydrogen-bond donors (Lipinski definition) is 0. The molecule has 0 saturated heterocycles. The fourth-order valence-electron chi connectivity index (χ4n) is 2.42. The van der Waals surface area contributed by atoms with Crippen LogP contribution >= 0.6 is 11.6 Å². The van der Waals surface area contributed by atoms with Crippen molar-refractivity contribution in [3.8, 4) is 17.6 Å². The Morgan fingerprint density at radius 2 is 1.38 bits per heavy atom. The molecule has 0 amide bonds. The number of nitriles is 1. The summed E-state index contributed by atoms with van der Waals surface area (Å²) < 4.78 is 31.1. The van der Waals surface area contributed by atoms with Gasteiger partial charge >= 0.3 is 0 Å². The van der Waals surface area contributed by atoms with E-state index in [1.165, 1.54) is 12.1 Å². The van der Waals surface area contributed by atoms with E-state index in [1.54, 1.807) is 66.7 Å². The maximum atomic E-state index is 12.7. The lowest BCUT2D eigenvalue weighted by Gasteiger charge is -2.12. The lowest BCUT2D eigenvalue weighted by atomic mass is 10.1. The predicted octanol–water partition coefficient (Wildman–Crippen LogP) is 5.17. The Bertz CT molecular complexity index is 1030. The Balaban J connectivity index is 1.84. The van der Waals surface area contributed by atoms with E-state index >= 15 is 0 Å². The van der Waals surface area contributed by atoms with Gasteiger partial charge in [0, 0.05) is 5.02 Å². The van der Waals surface area contributed by atoms with Gasteiger partial charge in [-0.05, 0) is 54.1 Å². The van der Waals surface area contributed by atoms with Gasteiger partial charge in [-0.3, -0.25) is 0 Å². The van der Waals surface area contributed by atoms with Gasteiger partial charge in [0.2, 0.25) is 0 Å². The first-order valence-electron chi connectivity index (χ1n) is 7.72. The number of halogens is 1. The molecule has 0 spiro atoms. The maximum Gasteiger partial charge on any atom is 0.198 e. The highest BCUT2D eigenvalue weighted by Gasteiger charge is 2.28. The monoisotopic (exact) mass is 383 g/mol. The van der Waals surface area contributed by atoms with Crippen molar-refractivity contribution >= 4 is 21.4 Å². The highest BCUT2D eigenvalue weighted by atomic mass is 35.5. The molecule has 0 N–H and O–H groups in total. The van der Waals surface area contributed by atoms with Crippen molar-refractivity contribution < 1.29 is 13.2 Å². The number of ether oxygens (including phenoxy) is 1. The molecule has 3 aromatic carbocycles. The van der Waals surface area contributed by atoms with E-state index in [9.17, 15) is 13.7 Å². The first kappa shape index (κ1) is 18.0. The van der Waals surface area contributed by atoms with E-state index in [1.807, 2.05) is 6.07 Å². The van der Waals surface area contributed by atoms with Crippen molar-refractivity contribution in [3.63, 3.8) is 0 Å². The molecule has 1 atom stereocenters. The Hall–Kier alpha value is -2.81. The minimum absolute atomic E-state index is 0.119. The lowest BCUT2D eigenvalue weighted by molar-refractivity contribution is 0.482. The van der Waals surface area contributed by atoms with Crippen LogP contribution in [0.1, 0.15) is 10.8 Å². The summed E-state index contributed by atoms with van der Waals surface area (Å²) in [5.41, 5.74) is 0.389. The van der Waals surface area contributed by atoms with E-state index in [2.05, 4.69) is 0 Å². The molecule has 0 aliphatic carbocycles. The van der Waals surface area contributed by atoms with Crippen LogP contribution in [0.4, 0.5) is 0 Å². The average molecular weight is 384 g/mol. The van der Waals surface area contributed by atoms with Crippen molar-refractivity contribution in [3.05, 3.63) is 89.4 Å². The summed E-state index contributed by atoms with van der Waals surface area (Å²) >= 11 is 5.84. The van der Waals surface area contributed by atoms with Gasteiger partial charge in [-0.25, -0.2) is 8.42 Å². The third-order valence-corrected chi connectivity index (χ3v) is 5.91. The molecule has 4 nitrogen and oxygen atoms in total. The Morgan fingerprint density at radius 3 is 1.92 bits per heavy atom. The third-order valence-electron chi connectivity index (χ3n) is 3.73. The van der Waals surface area contributed by atoms with Gasteiger partial charge in [0.1, 0.15) is 11.5 Å². The number of rotatable bonds is 5. The fourth-order valence-corrected chi connectivity index (χ4v) is 4.01. The Labute approximate surface area is 157 Å². The van der Waals surface area contributed by atoms with Gasteiger partial charge in [0.25, 0.3) is 0 Å². The van der Waals surface area contributed by atoms with E-state index in [4.69, 9.17) is 16.3 Å². The molecule has 3 rings (SSSR count). The fraction of sp³-hybridized carbons (Fsp3) is 0.0500. The second-order valence-electron chi connectivity index (χ2n) is 5.49. The SMILES string of the molecule is N#CC(c1ccc(Oc2ccc(Cl)cc2)cc1)S(=O)(=O)c1ccccc1. The molecule has 0 fully saturated rings. The standard InChI is InChI=1S/C20H14ClNO3S/c21-16-8-12-18(13-9-16)25-17-10-6-15(7-11-17)20(14-22)26(23,24)19-4-2-1-3-5-19/h1-13,20H. The zero-order valence-corrected chi connectivity index (χ0v) is 15.1. The summed E-state index contributed by atoms with van der Waals surface area (Å²) in [7, 11) is -3.80. The van der Waals surface area contributed by atoms with E-state index in [0.29, 0.717) is 22.1 Å². The van der Waals surface area contributed by atoms with E-state index in [-0.39, 0.29) is 4.90 Å². The van der Waals surface area contributed by atoms with Gasteiger partial charge in [-0.2, -0.15) is 5.26 Å². The zero-order chi connectivity index (χ0) is 18.6. The molecule has 0 bridgehead atoms. The van der Waals surface area contributed by atoms with Crippen LogP contribution in [-0.4, -0.2) is 8.42 Å². The molecular weight excluding hydrogens is 370 g/mol. The van der Waals surface area contributed by atoms with Crippen molar-refractivity contribution in [2.24, 2.45) is 0 Å². The summed E-state index contributed by atoms with van der Waals surface area (Å²) in [6.07, 6.45) is 0. The molecule has 3 aromatic rings. The second kappa shape index (κ2) is 7.61. The van der Waals surface area contributed by atoms with Crippen LogP contribution in [0.15, 0.2) is 83.8 Å². The van der Waals surface area contributed by atoms with E-state index in [0.717, 1.165) is 0 Å². The summed E-state index contributed by atoms with van der Waals surface area (Å²) in [5, 5.41) is 8.76. The molecule has 26 heavy (non-hydrogen) atoms. The molecule has 0 aliphatic rings. The third kappa shape index (κ3) is 3.88. The summed E-state index contributed by atoms with van der Waals surface area (Å²) in [4.78, 5) is 0.119. The van der Waals surface area contributed by atoms with Crippen molar-refractivity contribution in [1.29, 1.82) is 5.26 Å². The van der Waals surface area contributed by atoms with Crippen LogP contribution in [0.25, 0.3) is 0 Å². The highest BCUT2D eigenvalue weighted by Crippen LogP contribution is 2.30. The summed E-state index contributed by atoms with van der Waals surface area (Å²) in [5.74, 6) is 1.14. The van der Waals surface area contributed by atoms with Crippen LogP contribution in [0, 0.1) is 11.3 Å². The first-order chi connectivity index (χ1) is 12.5. The van der Waals surface area contributed by atoms with Crippen LogP contribution in [0.3, 0.4) is 0 Å². The molecule has 130 valence electrons. The first-order valence-corrected chi connectivity index (χ1v) is 9.65. The lowest BCUT2D eigenvalue weighted by Crippen LogP contribution is -2.12. The minimum atomic E-state index is -3.80. The van der Waals surface area contributed by atoms with Crippen molar-refractivity contribution in [2.45, 2.75) is 10.1 Å². The molecule has 0 saturated carbocycles. The van der Waals surface area contributed by atoms with Crippen LogP contribution in [0.5, 0.6) is 11.5 Å². The number of sulfone groups is 1. The zero-order valence-electron chi connectivity index (χ0n) is 13.5. The van der Waals surface area contributed by atoms with Crippen LogP contribution in [-0.2, 0) is 9.84 Å². The predicted molar refractivity (Wildman–Crippen MR) is 99.9 cm³/mol. The van der Waals surface area contributed by atoms with Crippen molar-refractivity contribution in [1.82, 2.24) is 0 Å². The van der Waals surface area contributed by atoms with E-state index < -0.39 is 15.1 Å². The van der Waals surface area contributed by atoms with Gasteiger partial charge in [0.15, 0.2) is 15.1 Å². The quantitative estimate of drug-likeness (QED) is 0.609. The maximum absolute atomic E-state index is 12.7. The molecule has 1 unspecified atom stereocenters. The summed E-state index contributed by atoms with van der Waals surface area (Å²) in [6, 6.07) is 23.2. The molecule has 0 radical (unpaired) electrons. The normalized spacial score (nSPS) is 12.2. The largest absolute Gasteiger partial charge is 0.457 e. The average Bonchev–Trinajstić information content (AvgIpc) is 2.66. The topological polar surface area (TPSA) is 67.2 Å². The number of hydrogen-bond acceptors (Lipinski definition) is 4. The van der Waals surface area contributed by atoms with Gasteiger partial charge in [-0.1, -0.05) is 41.9 Å². The molecule has 0 heterocycles.